The number of Topliss-reactive ketones (excluding diaryl/α,β-unsaturated/α-hetero) is 1. The molecule has 1 aromatic rings. The normalized spacial score (nSPS) is 12.1. The van der Waals surface area contributed by atoms with E-state index >= 15 is 0 Å². The molecule has 1 atom stereocenters. The molecule has 0 saturated heterocycles. The average molecular weight is 180 g/mol. The number of nitro groups is 1. The monoisotopic (exact) mass is 180 g/mol. The maximum Gasteiger partial charge on any atom is 0.326 e. The molecule has 0 amide bonds. The molecule has 13 heavy (non-hydrogen) atoms. The van der Waals surface area contributed by atoms with Gasteiger partial charge in [0.15, 0.2) is 0 Å². The van der Waals surface area contributed by atoms with Gasteiger partial charge in [0, 0.05) is 10.5 Å². The third kappa shape index (κ3) is 2.09. The number of carbonyl (C=O) groups is 1. The molecule has 2 N–H and O–H groups in total. The van der Waals surface area contributed by atoms with Crippen LogP contribution in [-0.2, 0) is 0 Å². The second kappa shape index (κ2) is 3.77. The number of nitrogens with two attached hydrogens (primary N) is 1. The fourth-order valence-corrected chi connectivity index (χ4v) is 0.869. The molecule has 0 saturated carbocycles. The average Bonchev–Trinajstić information content (AvgIpc) is 2.17. The van der Waals surface area contributed by atoms with Gasteiger partial charge in [-0.2, -0.15) is 0 Å². The highest BCUT2D eigenvalue weighted by molar-refractivity contribution is 5.98. The lowest BCUT2D eigenvalue weighted by Crippen LogP contribution is -2.38. The molecule has 0 aromatic heterocycles. The molecule has 68 valence electrons. The quantitative estimate of drug-likeness (QED) is 0.316. The van der Waals surface area contributed by atoms with Crippen molar-refractivity contribution in [1.29, 1.82) is 0 Å². The van der Waals surface area contributed by atoms with Crippen molar-refractivity contribution in [3.63, 3.8) is 0 Å². The van der Waals surface area contributed by atoms with Gasteiger partial charge in [0.25, 0.3) is 5.78 Å². The lowest BCUT2D eigenvalue weighted by Gasteiger charge is -2.01. The number of carbonyl (C=O) groups excluding carboxylic acids is 1. The topological polar surface area (TPSA) is 86.2 Å². The smallest absolute Gasteiger partial charge is 0.285 e. The number of hydrogen-bond acceptors (Lipinski definition) is 4. The van der Waals surface area contributed by atoms with E-state index in [2.05, 4.69) is 0 Å². The molecular weight excluding hydrogens is 172 g/mol. The molecule has 0 spiro atoms. The van der Waals surface area contributed by atoms with Crippen molar-refractivity contribution >= 4 is 5.78 Å². The minimum Gasteiger partial charge on any atom is -0.285 e. The molecule has 0 bridgehead atoms. The summed E-state index contributed by atoms with van der Waals surface area (Å²) < 4.78 is 0. The fourth-order valence-electron chi connectivity index (χ4n) is 0.869. The Morgan fingerprint density at radius 3 is 2.38 bits per heavy atom. The first-order valence-electron chi connectivity index (χ1n) is 3.61. The van der Waals surface area contributed by atoms with Gasteiger partial charge in [-0.05, 0) is 0 Å². The molecule has 0 fully saturated rings. The molecule has 1 rings (SSSR count). The van der Waals surface area contributed by atoms with Crippen LogP contribution in [-0.4, -0.2) is 16.9 Å². The second-order valence-corrected chi connectivity index (χ2v) is 2.46. The summed E-state index contributed by atoms with van der Waals surface area (Å²) in [5.74, 6) is -0.675. The van der Waals surface area contributed by atoms with Gasteiger partial charge in [0.2, 0.25) is 0 Å². The van der Waals surface area contributed by atoms with Gasteiger partial charge in [-0.15, -0.1) is 0 Å². The van der Waals surface area contributed by atoms with Crippen LogP contribution in [0.2, 0.25) is 0 Å². The van der Waals surface area contributed by atoms with Gasteiger partial charge in [0.05, 0.1) is 0 Å². The first-order chi connectivity index (χ1) is 6.13. The van der Waals surface area contributed by atoms with Crippen molar-refractivity contribution in [2.75, 3.05) is 0 Å². The maximum absolute atomic E-state index is 11.2. The number of ketones is 1. The molecule has 0 aliphatic rings. The van der Waals surface area contributed by atoms with Crippen LogP contribution in [0, 0.1) is 10.1 Å². The zero-order valence-electron chi connectivity index (χ0n) is 6.71. The van der Waals surface area contributed by atoms with Crippen molar-refractivity contribution in [3.05, 3.63) is 46.0 Å². The van der Waals surface area contributed by atoms with Crippen LogP contribution < -0.4 is 5.73 Å². The van der Waals surface area contributed by atoms with Crippen molar-refractivity contribution in [2.45, 2.75) is 6.17 Å². The van der Waals surface area contributed by atoms with Crippen LogP contribution in [0.3, 0.4) is 0 Å². The van der Waals surface area contributed by atoms with E-state index in [-0.39, 0.29) is 5.56 Å². The van der Waals surface area contributed by atoms with E-state index in [1.54, 1.807) is 18.2 Å². The number of rotatable bonds is 3. The third-order valence-corrected chi connectivity index (χ3v) is 1.55. The van der Waals surface area contributed by atoms with E-state index < -0.39 is 16.9 Å². The van der Waals surface area contributed by atoms with Gasteiger partial charge >= 0.3 is 6.17 Å². The van der Waals surface area contributed by atoms with Gasteiger partial charge < -0.3 is 0 Å². The lowest BCUT2D eigenvalue weighted by atomic mass is 10.1. The van der Waals surface area contributed by atoms with Crippen molar-refractivity contribution in [1.82, 2.24) is 0 Å². The molecule has 5 nitrogen and oxygen atoms in total. The van der Waals surface area contributed by atoms with E-state index in [0.717, 1.165) is 0 Å². The fraction of sp³-hybridized carbons (Fsp3) is 0.125. The lowest BCUT2D eigenvalue weighted by molar-refractivity contribution is -0.503. The Kier molecular flexibility index (Phi) is 2.71. The van der Waals surface area contributed by atoms with Crippen LogP contribution >= 0.6 is 0 Å². The minimum atomic E-state index is -1.66. The summed E-state index contributed by atoms with van der Waals surface area (Å²) >= 11 is 0. The van der Waals surface area contributed by atoms with Crippen LogP contribution in [0.1, 0.15) is 10.4 Å². The number of hydrogen-bond donors (Lipinski definition) is 1. The SMILES string of the molecule is N[C@@H](C(=O)c1ccccc1)[N+](=O)[O-]. The molecular formula is C8H8N2O3. The molecule has 5 heteroatoms. The van der Waals surface area contributed by atoms with E-state index in [1.807, 2.05) is 0 Å². The van der Waals surface area contributed by atoms with Crippen LogP contribution in [0.4, 0.5) is 0 Å². The van der Waals surface area contributed by atoms with E-state index in [4.69, 9.17) is 5.73 Å². The highest BCUT2D eigenvalue weighted by Crippen LogP contribution is 2.02. The first kappa shape index (κ1) is 9.34. The Balaban J connectivity index is 2.86. The summed E-state index contributed by atoms with van der Waals surface area (Å²) in [6.45, 7) is 0. The second-order valence-electron chi connectivity index (χ2n) is 2.46. The predicted octanol–water partition coefficient (Wildman–Crippen LogP) is 0.431. The number of nitrogens with zero attached hydrogens (tertiary/aromatic N) is 1. The summed E-state index contributed by atoms with van der Waals surface area (Å²) in [7, 11) is 0. The Hall–Kier alpha value is -1.75. The zero-order valence-corrected chi connectivity index (χ0v) is 6.71. The van der Waals surface area contributed by atoms with Crippen molar-refractivity contribution in [3.8, 4) is 0 Å². The van der Waals surface area contributed by atoms with Crippen LogP contribution in [0.25, 0.3) is 0 Å². The standard InChI is InChI=1S/C8H8N2O3/c9-8(10(12)13)7(11)6-4-2-1-3-5-6/h1-5,8H,9H2/t8-/m1/s1. The van der Waals surface area contributed by atoms with E-state index in [0.29, 0.717) is 0 Å². The molecule has 1 aromatic carbocycles. The minimum absolute atomic E-state index is 0.256. The Morgan fingerprint density at radius 2 is 1.92 bits per heavy atom. The van der Waals surface area contributed by atoms with Gasteiger partial charge in [-0.1, -0.05) is 30.3 Å². The maximum atomic E-state index is 11.2. The highest BCUT2D eigenvalue weighted by atomic mass is 16.6. The number of benzene rings is 1. The molecule has 0 aliphatic carbocycles. The molecule has 0 radical (unpaired) electrons. The summed E-state index contributed by atoms with van der Waals surface area (Å²) in [4.78, 5) is 20.6. The summed E-state index contributed by atoms with van der Waals surface area (Å²) in [6.07, 6.45) is -1.66. The Bertz CT molecular complexity index is 323. The van der Waals surface area contributed by atoms with Gasteiger partial charge in [-0.3, -0.25) is 20.6 Å². The largest absolute Gasteiger partial charge is 0.326 e. The van der Waals surface area contributed by atoms with Crippen molar-refractivity contribution < 1.29 is 9.72 Å². The van der Waals surface area contributed by atoms with E-state index in [1.165, 1.54) is 12.1 Å². The third-order valence-electron chi connectivity index (χ3n) is 1.55. The van der Waals surface area contributed by atoms with Crippen LogP contribution in [0.5, 0.6) is 0 Å². The predicted molar refractivity (Wildman–Crippen MR) is 45.7 cm³/mol. The molecule has 0 aliphatic heterocycles. The van der Waals surface area contributed by atoms with Crippen LogP contribution in [0.15, 0.2) is 30.3 Å². The summed E-state index contributed by atoms with van der Waals surface area (Å²) in [5, 5.41) is 10.2. The van der Waals surface area contributed by atoms with Crippen molar-refractivity contribution in [2.24, 2.45) is 5.73 Å². The first-order valence-corrected chi connectivity index (χ1v) is 3.61. The van der Waals surface area contributed by atoms with Gasteiger partial charge in [-0.25, -0.2) is 0 Å². The highest BCUT2D eigenvalue weighted by Gasteiger charge is 2.24. The molecule has 0 heterocycles. The molecule has 0 unspecified atom stereocenters. The zero-order chi connectivity index (χ0) is 9.84. The summed E-state index contributed by atoms with van der Waals surface area (Å²) in [6, 6.07) is 7.95. The van der Waals surface area contributed by atoms with E-state index in [9.17, 15) is 14.9 Å². The summed E-state index contributed by atoms with van der Waals surface area (Å²) in [5.41, 5.74) is 5.30. The Labute approximate surface area is 74.3 Å². The van der Waals surface area contributed by atoms with Gasteiger partial charge in [0.1, 0.15) is 0 Å². The Morgan fingerprint density at radius 1 is 1.38 bits per heavy atom.